The molecule has 5 nitrogen and oxygen atoms in total. The van der Waals surface area contributed by atoms with Crippen molar-refractivity contribution in [1.82, 2.24) is 4.90 Å². The molecule has 3 atom stereocenters. The first kappa shape index (κ1) is 19.2. The lowest BCUT2D eigenvalue weighted by molar-refractivity contribution is -0.166. The molecule has 1 fully saturated rings. The van der Waals surface area contributed by atoms with Crippen LogP contribution in [-0.2, 0) is 20.5 Å². The summed E-state index contributed by atoms with van der Waals surface area (Å²) in [4.78, 5) is 24.9. The molecule has 25 heavy (non-hydrogen) atoms. The van der Waals surface area contributed by atoms with Gasteiger partial charge in [-0.1, -0.05) is 25.1 Å². The summed E-state index contributed by atoms with van der Waals surface area (Å²) in [5.41, 5.74) is -0.338. The molecule has 2 rings (SSSR count). The van der Waals surface area contributed by atoms with Crippen LogP contribution in [-0.4, -0.2) is 47.2 Å². The van der Waals surface area contributed by atoms with Gasteiger partial charge in [0.05, 0.1) is 18.2 Å². The lowest BCUT2D eigenvalue weighted by Crippen LogP contribution is -2.51. The number of carboxylic acids is 1. The highest BCUT2D eigenvalue weighted by atomic mass is 19.4. The summed E-state index contributed by atoms with van der Waals surface area (Å²) >= 11 is 0. The third kappa shape index (κ3) is 4.94. The predicted molar refractivity (Wildman–Crippen MR) is 83.0 cm³/mol. The van der Waals surface area contributed by atoms with E-state index in [1.54, 1.807) is 19.9 Å². The molecule has 1 aromatic rings. The number of hydrogen-bond donors (Lipinski definition) is 1. The maximum Gasteiger partial charge on any atom is 0.416 e. The molecule has 0 bridgehead atoms. The van der Waals surface area contributed by atoms with Crippen LogP contribution >= 0.6 is 0 Å². The number of benzene rings is 1. The standard InChI is InChI=1S/C17H20F3NO4/c1-10(12-4-3-5-13(7-12)17(18,19)20)6-15(22)21-8-11(2)25-14(9-21)16(23)24/h3-5,7,10-11,14H,6,8-9H2,1-2H3,(H,23,24)/t10?,11-,14?/m1/s1. The molecule has 1 aromatic carbocycles. The summed E-state index contributed by atoms with van der Waals surface area (Å²) in [6, 6.07) is 4.89. The maximum atomic E-state index is 12.8. The van der Waals surface area contributed by atoms with Crippen LogP contribution in [0, 0.1) is 0 Å². The summed E-state index contributed by atoms with van der Waals surface area (Å²) in [5.74, 6) is -1.86. The second kappa shape index (κ2) is 7.43. The maximum absolute atomic E-state index is 12.8. The Hall–Kier alpha value is -2.09. The Morgan fingerprint density at radius 2 is 2.04 bits per heavy atom. The van der Waals surface area contributed by atoms with E-state index in [0.717, 1.165) is 12.1 Å². The molecule has 0 radical (unpaired) electrons. The molecular weight excluding hydrogens is 339 g/mol. The number of nitrogens with zero attached hydrogens (tertiary/aromatic N) is 1. The molecule has 1 saturated heterocycles. The summed E-state index contributed by atoms with van der Waals surface area (Å²) in [5, 5.41) is 9.05. The molecule has 138 valence electrons. The zero-order valence-electron chi connectivity index (χ0n) is 13.9. The second-order valence-electron chi connectivity index (χ2n) is 6.30. The number of rotatable bonds is 4. The number of morpholine rings is 1. The fourth-order valence-electron chi connectivity index (χ4n) is 2.82. The lowest BCUT2D eigenvalue weighted by Gasteiger charge is -2.35. The third-order valence-corrected chi connectivity index (χ3v) is 4.15. The smallest absolute Gasteiger partial charge is 0.416 e. The van der Waals surface area contributed by atoms with Crippen molar-refractivity contribution in [3.63, 3.8) is 0 Å². The Labute approximate surface area is 143 Å². The van der Waals surface area contributed by atoms with Crippen LogP contribution < -0.4 is 0 Å². The third-order valence-electron chi connectivity index (χ3n) is 4.15. The first-order valence-corrected chi connectivity index (χ1v) is 7.91. The van der Waals surface area contributed by atoms with Gasteiger partial charge in [-0.25, -0.2) is 4.79 Å². The highest BCUT2D eigenvalue weighted by molar-refractivity contribution is 5.79. The Balaban J connectivity index is 2.06. The van der Waals surface area contributed by atoms with E-state index in [1.165, 1.54) is 11.0 Å². The van der Waals surface area contributed by atoms with Crippen LogP contribution in [0.15, 0.2) is 24.3 Å². The van der Waals surface area contributed by atoms with Gasteiger partial charge in [0.15, 0.2) is 6.10 Å². The van der Waals surface area contributed by atoms with Gasteiger partial charge in [-0.3, -0.25) is 4.79 Å². The van der Waals surface area contributed by atoms with Crippen molar-refractivity contribution in [3.05, 3.63) is 35.4 Å². The van der Waals surface area contributed by atoms with Gasteiger partial charge < -0.3 is 14.7 Å². The highest BCUT2D eigenvalue weighted by Crippen LogP contribution is 2.32. The molecule has 0 spiro atoms. The van der Waals surface area contributed by atoms with Gasteiger partial charge in [0.25, 0.3) is 0 Å². The van der Waals surface area contributed by atoms with Crippen LogP contribution in [0.5, 0.6) is 0 Å². The molecular formula is C17H20F3NO4. The van der Waals surface area contributed by atoms with Gasteiger partial charge in [0, 0.05) is 13.0 Å². The number of aliphatic carboxylic acids is 1. The topological polar surface area (TPSA) is 66.8 Å². The first-order chi connectivity index (χ1) is 11.6. The van der Waals surface area contributed by atoms with Crippen molar-refractivity contribution in [2.24, 2.45) is 0 Å². The molecule has 1 aliphatic heterocycles. The molecule has 0 aromatic heterocycles. The van der Waals surface area contributed by atoms with Crippen molar-refractivity contribution in [2.45, 2.75) is 44.6 Å². The fraction of sp³-hybridized carbons (Fsp3) is 0.529. The van der Waals surface area contributed by atoms with Gasteiger partial charge in [0.1, 0.15) is 0 Å². The minimum absolute atomic E-state index is 0.000367. The minimum Gasteiger partial charge on any atom is -0.479 e. The van der Waals surface area contributed by atoms with E-state index in [0.29, 0.717) is 5.56 Å². The van der Waals surface area contributed by atoms with Crippen molar-refractivity contribution in [1.29, 1.82) is 0 Å². The van der Waals surface area contributed by atoms with E-state index in [1.807, 2.05) is 0 Å². The number of carboxylic acid groups (broad SMARTS) is 1. The number of carbonyl (C=O) groups is 2. The summed E-state index contributed by atoms with van der Waals surface area (Å²) in [6.07, 6.45) is -5.94. The van der Waals surface area contributed by atoms with Crippen LogP contribution in [0.1, 0.15) is 37.3 Å². The van der Waals surface area contributed by atoms with Gasteiger partial charge in [-0.05, 0) is 24.5 Å². The first-order valence-electron chi connectivity index (χ1n) is 7.91. The monoisotopic (exact) mass is 359 g/mol. The molecule has 1 aliphatic rings. The summed E-state index contributed by atoms with van der Waals surface area (Å²) in [6.45, 7) is 3.54. The molecule has 1 heterocycles. The quantitative estimate of drug-likeness (QED) is 0.898. The predicted octanol–water partition coefficient (Wildman–Crippen LogP) is 2.90. The SMILES string of the molecule is CC(CC(=O)N1CC(C(=O)O)O[C@H](C)C1)c1cccc(C(F)(F)F)c1. The van der Waals surface area contributed by atoms with Crippen molar-refractivity contribution in [2.75, 3.05) is 13.1 Å². The molecule has 1 amide bonds. The largest absolute Gasteiger partial charge is 0.479 e. The number of alkyl halides is 3. The summed E-state index contributed by atoms with van der Waals surface area (Å²) < 4.78 is 43.7. The summed E-state index contributed by atoms with van der Waals surface area (Å²) in [7, 11) is 0. The van der Waals surface area contributed by atoms with Crippen molar-refractivity contribution in [3.8, 4) is 0 Å². The van der Waals surface area contributed by atoms with Gasteiger partial charge in [-0.2, -0.15) is 13.2 Å². The Morgan fingerprint density at radius 1 is 1.36 bits per heavy atom. The number of amides is 1. The Morgan fingerprint density at radius 3 is 2.64 bits per heavy atom. The van der Waals surface area contributed by atoms with Gasteiger partial charge in [-0.15, -0.1) is 0 Å². The van der Waals surface area contributed by atoms with E-state index in [4.69, 9.17) is 9.84 Å². The van der Waals surface area contributed by atoms with Crippen LogP contribution in [0.4, 0.5) is 13.2 Å². The zero-order chi connectivity index (χ0) is 18.8. The normalized spacial score (nSPS) is 22.5. The number of carbonyl (C=O) groups excluding carboxylic acids is 1. The zero-order valence-corrected chi connectivity index (χ0v) is 13.9. The van der Waals surface area contributed by atoms with Crippen LogP contribution in [0.25, 0.3) is 0 Å². The van der Waals surface area contributed by atoms with E-state index >= 15 is 0 Å². The highest BCUT2D eigenvalue weighted by Gasteiger charge is 2.34. The molecule has 0 aliphatic carbocycles. The van der Waals surface area contributed by atoms with Crippen molar-refractivity contribution < 1.29 is 32.6 Å². The van der Waals surface area contributed by atoms with Crippen LogP contribution in [0.3, 0.4) is 0 Å². The van der Waals surface area contributed by atoms with Crippen LogP contribution in [0.2, 0.25) is 0 Å². The fourth-order valence-corrected chi connectivity index (χ4v) is 2.82. The van der Waals surface area contributed by atoms with Crippen molar-refractivity contribution >= 4 is 11.9 Å². The van der Waals surface area contributed by atoms with E-state index in [2.05, 4.69) is 0 Å². The number of hydrogen-bond acceptors (Lipinski definition) is 3. The lowest BCUT2D eigenvalue weighted by atomic mass is 9.95. The van der Waals surface area contributed by atoms with E-state index < -0.39 is 35.8 Å². The Bertz CT molecular complexity index is 647. The number of ether oxygens (including phenoxy) is 1. The molecule has 1 N–H and O–H groups in total. The Kier molecular flexibility index (Phi) is 5.72. The molecule has 8 heteroatoms. The average Bonchev–Trinajstić information content (AvgIpc) is 2.53. The number of halogens is 3. The van der Waals surface area contributed by atoms with E-state index in [9.17, 15) is 22.8 Å². The average molecular weight is 359 g/mol. The minimum atomic E-state index is -4.44. The second-order valence-corrected chi connectivity index (χ2v) is 6.30. The van der Waals surface area contributed by atoms with Gasteiger partial charge >= 0.3 is 12.1 Å². The van der Waals surface area contributed by atoms with E-state index in [-0.39, 0.29) is 25.4 Å². The molecule has 2 unspecified atom stereocenters. The molecule has 0 saturated carbocycles. The van der Waals surface area contributed by atoms with Gasteiger partial charge in [0.2, 0.25) is 5.91 Å².